The Morgan fingerprint density at radius 1 is 1.28 bits per heavy atom. The normalized spacial score (nSPS) is 10.2. The predicted molar refractivity (Wildman–Crippen MR) is 75.2 cm³/mol. The highest BCUT2D eigenvalue weighted by Crippen LogP contribution is 2.23. The van der Waals surface area contributed by atoms with Crippen molar-refractivity contribution in [1.82, 2.24) is 9.97 Å². The van der Waals surface area contributed by atoms with Crippen molar-refractivity contribution in [1.29, 1.82) is 0 Å². The molecule has 0 saturated carbocycles. The maximum atomic E-state index is 5.65. The lowest BCUT2D eigenvalue weighted by molar-refractivity contribution is 0.412. The molecule has 0 aliphatic carbocycles. The van der Waals surface area contributed by atoms with E-state index in [1.54, 1.807) is 13.2 Å². The number of aromatic nitrogens is 2. The highest BCUT2D eigenvalue weighted by Gasteiger charge is 2.03. The average Bonchev–Trinajstić information content (AvgIpc) is 2.27. The minimum absolute atomic E-state index is 0.407. The van der Waals surface area contributed by atoms with Crippen molar-refractivity contribution in [3.63, 3.8) is 0 Å². The predicted octanol–water partition coefficient (Wildman–Crippen LogP) is 2.88. The number of halogens is 1. The van der Waals surface area contributed by atoms with Gasteiger partial charge in [0, 0.05) is 11.8 Å². The molecule has 6 heteroatoms. The molecule has 0 spiro atoms. The summed E-state index contributed by atoms with van der Waals surface area (Å²) in [6.07, 6.45) is 0. The molecule has 0 aliphatic rings. The first-order valence-corrected chi connectivity index (χ1v) is 6.09. The summed E-state index contributed by atoms with van der Waals surface area (Å²) in [4.78, 5) is 8.28. The molecule has 0 radical (unpaired) electrons. The Morgan fingerprint density at radius 3 is 2.67 bits per heavy atom. The van der Waals surface area contributed by atoms with E-state index in [1.165, 1.54) is 0 Å². The van der Waals surface area contributed by atoms with Crippen LogP contribution in [-0.2, 0) is 0 Å². The van der Waals surface area contributed by atoms with Gasteiger partial charge < -0.3 is 15.8 Å². The lowest BCUT2D eigenvalue weighted by Crippen LogP contribution is -2.01. The second kappa shape index (κ2) is 5.22. The molecule has 1 aromatic carbocycles. The molecular formula is C12H13BrN4O. The van der Waals surface area contributed by atoms with Crippen molar-refractivity contribution >= 4 is 33.4 Å². The zero-order valence-electron chi connectivity index (χ0n) is 10.1. The Kier molecular flexibility index (Phi) is 3.66. The number of nitrogens with zero attached hydrogens (tertiary/aromatic N) is 2. The zero-order chi connectivity index (χ0) is 13.1. The van der Waals surface area contributed by atoms with Gasteiger partial charge in [0.05, 0.1) is 7.11 Å². The van der Waals surface area contributed by atoms with E-state index in [1.807, 2.05) is 25.1 Å². The number of anilines is 3. The van der Waals surface area contributed by atoms with Crippen LogP contribution in [0.1, 0.15) is 5.56 Å². The minimum atomic E-state index is 0.407. The number of aryl methyl sites for hydroxylation is 1. The molecule has 1 heterocycles. The first kappa shape index (κ1) is 12.6. The van der Waals surface area contributed by atoms with Crippen molar-refractivity contribution < 1.29 is 4.74 Å². The lowest BCUT2D eigenvalue weighted by atomic mass is 10.2. The second-order valence-corrected chi connectivity index (χ2v) is 4.56. The number of benzene rings is 1. The van der Waals surface area contributed by atoms with Crippen LogP contribution in [0, 0.1) is 6.92 Å². The van der Waals surface area contributed by atoms with Gasteiger partial charge in [-0.15, -0.1) is 0 Å². The van der Waals surface area contributed by atoms with E-state index in [0.29, 0.717) is 16.4 Å². The number of nitrogens with two attached hydrogens (primary N) is 1. The molecular weight excluding hydrogens is 296 g/mol. The van der Waals surface area contributed by atoms with Crippen molar-refractivity contribution in [3.05, 3.63) is 34.4 Å². The van der Waals surface area contributed by atoms with Crippen LogP contribution in [0.25, 0.3) is 0 Å². The summed E-state index contributed by atoms with van der Waals surface area (Å²) in [5, 5.41) is 3.09. The monoisotopic (exact) mass is 308 g/mol. The smallest absolute Gasteiger partial charge is 0.230 e. The molecule has 0 unspecified atom stereocenters. The molecule has 0 saturated heterocycles. The molecule has 2 aromatic rings. The minimum Gasteiger partial charge on any atom is -0.496 e. The van der Waals surface area contributed by atoms with Crippen molar-refractivity contribution in [2.45, 2.75) is 6.92 Å². The molecule has 0 fully saturated rings. The van der Waals surface area contributed by atoms with Gasteiger partial charge in [-0.05, 0) is 46.6 Å². The first-order valence-electron chi connectivity index (χ1n) is 5.30. The molecule has 3 N–H and O–H groups in total. The fraction of sp³-hybridized carbons (Fsp3) is 0.167. The van der Waals surface area contributed by atoms with E-state index in [-0.39, 0.29) is 0 Å². The lowest BCUT2D eigenvalue weighted by Gasteiger charge is -2.09. The van der Waals surface area contributed by atoms with E-state index in [4.69, 9.17) is 10.5 Å². The van der Waals surface area contributed by atoms with Crippen LogP contribution in [-0.4, -0.2) is 17.1 Å². The van der Waals surface area contributed by atoms with Crippen LogP contribution in [0.5, 0.6) is 5.75 Å². The van der Waals surface area contributed by atoms with E-state index >= 15 is 0 Å². The van der Waals surface area contributed by atoms with E-state index < -0.39 is 0 Å². The van der Waals surface area contributed by atoms with E-state index in [9.17, 15) is 0 Å². The molecule has 0 amide bonds. The Morgan fingerprint density at radius 2 is 2.06 bits per heavy atom. The van der Waals surface area contributed by atoms with Crippen LogP contribution in [0.4, 0.5) is 17.5 Å². The summed E-state index contributed by atoms with van der Waals surface area (Å²) in [5.41, 5.74) is 7.56. The summed E-state index contributed by atoms with van der Waals surface area (Å²) in [7, 11) is 1.65. The van der Waals surface area contributed by atoms with Gasteiger partial charge >= 0.3 is 0 Å². The zero-order valence-corrected chi connectivity index (χ0v) is 11.7. The van der Waals surface area contributed by atoms with Crippen LogP contribution >= 0.6 is 15.9 Å². The van der Waals surface area contributed by atoms with E-state index in [0.717, 1.165) is 17.0 Å². The highest BCUT2D eigenvalue weighted by atomic mass is 79.9. The van der Waals surface area contributed by atoms with Crippen molar-refractivity contribution in [2.24, 2.45) is 0 Å². The van der Waals surface area contributed by atoms with Crippen molar-refractivity contribution in [3.8, 4) is 5.75 Å². The van der Waals surface area contributed by atoms with Gasteiger partial charge in [-0.1, -0.05) is 0 Å². The molecule has 94 valence electrons. The van der Waals surface area contributed by atoms with E-state index in [2.05, 4.69) is 31.2 Å². The first-order chi connectivity index (χ1) is 8.58. The second-order valence-electron chi connectivity index (χ2n) is 3.75. The SMILES string of the molecule is COc1ccc(Nc2nc(N)cc(Br)n2)cc1C. The van der Waals surface area contributed by atoms with Crippen molar-refractivity contribution in [2.75, 3.05) is 18.2 Å². The van der Waals surface area contributed by atoms with Crippen LogP contribution in [0.3, 0.4) is 0 Å². The number of nitrogen functional groups attached to an aromatic ring is 1. The van der Waals surface area contributed by atoms with Gasteiger partial charge in [0.25, 0.3) is 0 Å². The molecule has 0 aliphatic heterocycles. The summed E-state index contributed by atoms with van der Waals surface area (Å²) in [6.45, 7) is 1.97. The Hall–Kier alpha value is -1.82. The molecule has 1 aromatic heterocycles. The van der Waals surface area contributed by atoms with Crippen LogP contribution < -0.4 is 15.8 Å². The fourth-order valence-corrected chi connectivity index (χ4v) is 1.98. The van der Waals surface area contributed by atoms with Gasteiger partial charge in [0.2, 0.25) is 5.95 Å². The fourth-order valence-electron chi connectivity index (χ4n) is 1.58. The summed E-state index contributed by atoms with van der Waals surface area (Å²) in [5.74, 6) is 1.70. The van der Waals surface area contributed by atoms with Gasteiger partial charge in [-0.2, -0.15) is 4.98 Å². The molecule has 0 bridgehead atoms. The highest BCUT2D eigenvalue weighted by molar-refractivity contribution is 9.10. The van der Waals surface area contributed by atoms with Gasteiger partial charge in [0.1, 0.15) is 16.2 Å². The van der Waals surface area contributed by atoms with Gasteiger partial charge in [-0.25, -0.2) is 4.98 Å². The van der Waals surface area contributed by atoms with Gasteiger partial charge in [0.15, 0.2) is 0 Å². The standard InChI is InChI=1S/C12H13BrN4O/c1-7-5-8(3-4-9(7)18-2)15-12-16-10(13)6-11(14)17-12/h3-6H,1-2H3,(H3,14,15,16,17). The number of ether oxygens (including phenoxy) is 1. The Labute approximate surface area is 114 Å². The number of rotatable bonds is 3. The van der Waals surface area contributed by atoms with Crippen LogP contribution in [0.15, 0.2) is 28.9 Å². The number of methoxy groups -OCH3 is 1. The summed E-state index contributed by atoms with van der Waals surface area (Å²) >= 11 is 3.27. The number of nitrogens with one attached hydrogen (secondary N) is 1. The molecule has 18 heavy (non-hydrogen) atoms. The maximum absolute atomic E-state index is 5.65. The molecule has 5 nitrogen and oxygen atoms in total. The van der Waals surface area contributed by atoms with Gasteiger partial charge in [-0.3, -0.25) is 0 Å². The van der Waals surface area contributed by atoms with Crippen LogP contribution in [0.2, 0.25) is 0 Å². The summed E-state index contributed by atoms with van der Waals surface area (Å²) < 4.78 is 5.84. The third kappa shape index (κ3) is 2.89. The maximum Gasteiger partial charge on any atom is 0.230 e. The average molecular weight is 309 g/mol. The summed E-state index contributed by atoms with van der Waals surface area (Å²) in [6, 6.07) is 7.38. The Bertz CT molecular complexity index is 554. The Balaban J connectivity index is 2.25. The number of hydrogen-bond acceptors (Lipinski definition) is 5. The largest absolute Gasteiger partial charge is 0.496 e. The molecule has 0 atom stereocenters. The topological polar surface area (TPSA) is 73.1 Å². The third-order valence-electron chi connectivity index (χ3n) is 2.37. The third-order valence-corrected chi connectivity index (χ3v) is 2.77. The quantitative estimate of drug-likeness (QED) is 0.853. The molecule has 2 rings (SSSR count). The number of hydrogen-bond donors (Lipinski definition) is 2.